The minimum atomic E-state index is -3.46. The van der Waals surface area contributed by atoms with Gasteiger partial charge in [0.15, 0.2) is 0 Å². The highest BCUT2D eigenvalue weighted by atomic mass is 32.2. The van der Waals surface area contributed by atoms with Crippen LogP contribution in [-0.2, 0) is 15.6 Å². The molecule has 0 spiro atoms. The van der Waals surface area contributed by atoms with Gasteiger partial charge < -0.3 is 5.32 Å². The number of rotatable bonds is 6. The molecule has 0 saturated heterocycles. The van der Waals surface area contributed by atoms with Gasteiger partial charge in [-0.05, 0) is 43.2 Å². The molecular weight excluding hydrogens is 386 g/mol. The zero-order chi connectivity index (χ0) is 21.1. The van der Waals surface area contributed by atoms with Crippen molar-refractivity contribution in [3.05, 3.63) is 84.2 Å². The van der Waals surface area contributed by atoms with Crippen molar-refractivity contribution in [2.75, 3.05) is 11.0 Å². The molecular formula is C22H23N3O3S. The molecule has 0 bridgehead atoms. The van der Waals surface area contributed by atoms with Gasteiger partial charge in [-0.25, -0.2) is 8.42 Å². The Morgan fingerprint density at radius 1 is 1.00 bits per heavy atom. The van der Waals surface area contributed by atoms with Crippen LogP contribution in [0.2, 0.25) is 0 Å². The molecule has 1 heterocycles. The number of nitrogens with one attached hydrogen (secondary N) is 2. The molecule has 7 heteroatoms. The Morgan fingerprint density at radius 3 is 2.41 bits per heavy atom. The number of carbonyl (C=O) groups is 1. The predicted molar refractivity (Wildman–Crippen MR) is 115 cm³/mol. The summed E-state index contributed by atoms with van der Waals surface area (Å²) in [5.74, 6) is -0.215. The van der Waals surface area contributed by atoms with E-state index in [9.17, 15) is 13.2 Å². The van der Waals surface area contributed by atoms with Crippen molar-refractivity contribution in [2.24, 2.45) is 0 Å². The van der Waals surface area contributed by atoms with Gasteiger partial charge in [-0.2, -0.15) is 0 Å². The second-order valence-electron chi connectivity index (χ2n) is 7.32. The van der Waals surface area contributed by atoms with Gasteiger partial charge in [-0.1, -0.05) is 42.5 Å². The number of amides is 1. The second-order valence-corrected chi connectivity index (χ2v) is 9.07. The largest absolute Gasteiger partial charge is 0.343 e. The highest BCUT2D eigenvalue weighted by Gasteiger charge is 2.23. The van der Waals surface area contributed by atoms with Crippen LogP contribution in [0.3, 0.4) is 0 Å². The van der Waals surface area contributed by atoms with E-state index in [1.165, 1.54) is 6.20 Å². The summed E-state index contributed by atoms with van der Waals surface area (Å²) in [6.45, 7) is 3.89. The lowest BCUT2D eigenvalue weighted by molar-refractivity contribution is 0.0912. The van der Waals surface area contributed by atoms with E-state index in [-0.39, 0.29) is 5.91 Å². The van der Waals surface area contributed by atoms with Crippen molar-refractivity contribution in [2.45, 2.75) is 19.4 Å². The molecule has 0 aliphatic carbocycles. The first kappa shape index (κ1) is 20.5. The van der Waals surface area contributed by atoms with Gasteiger partial charge >= 0.3 is 0 Å². The molecule has 0 unspecified atom stereocenters. The monoisotopic (exact) mass is 409 g/mol. The maximum absolute atomic E-state index is 12.9. The Morgan fingerprint density at radius 2 is 1.72 bits per heavy atom. The number of anilines is 1. The zero-order valence-electron chi connectivity index (χ0n) is 16.5. The van der Waals surface area contributed by atoms with Crippen LogP contribution in [0.1, 0.15) is 29.8 Å². The first-order valence-electron chi connectivity index (χ1n) is 9.06. The molecule has 2 N–H and O–H groups in total. The van der Waals surface area contributed by atoms with Gasteiger partial charge in [0.25, 0.3) is 5.91 Å². The summed E-state index contributed by atoms with van der Waals surface area (Å²) in [6.07, 6.45) is 4.11. The summed E-state index contributed by atoms with van der Waals surface area (Å²) >= 11 is 0. The molecule has 0 fully saturated rings. The first-order chi connectivity index (χ1) is 13.7. The summed E-state index contributed by atoms with van der Waals surface area (Å²) in [4.78, 5) is 16.9. The van der Waals surface area contributed by atoms with Gasteiger partial charge in [0.2, 0.25) is 10.0 Å². The number of carbonyl (C=O) groups excluding carboxylic acids is 1. The number of sulfonamides is 1. The standard InChI is InChI=1S/C22H23N3O3S/c1-22(2,18-10-5-4-6-11-18)24-21(26)17-9-7-8-16(14-17)19-12-13-23-15-20(19)25-29(3,27)28/h4-15,25H,1-3H3,(H,24,26). The maximum atomic E-state index is 12.9. The maximum Gasteiger partial charge on any atom is 0.251 e. The average Bonchev–Trinajstić information content (AvgIpc) is 2.68. The Kier molecular flexibility index (Phi) is 5.70. The smallest absolute Gasteiger partial charge is 0.251 e. The normalized spacial score (nSPS) is 11.7. The Hall–Kier alpha value is -3.19. The van der Waals surface area contributed by atoms with E-state index in [0.717, 1.165) is 11.8 Å². The Labute approximate surface area is 171 Å². The van der Waals surface area contributed by atoms with E-state index >= 15 is 0 Å². The van der Waals surface area contributed by atoms with Crippen LogP contribution in [0, 0.1) is 0 Å². The molecule has 0 radical (unpaired) electrons. The summed E-state index contributed by atoms with van der Waals surface area (Å²) in [6, 6.07) is 18.5. The number of pyridine rings is 1. The van der Waals surface area contributed by atoms with E-state index in [1.807, 2.05) is 50.2 Å². The van der Waals surface area contributed by atoms with Crippen molar-refractivity contribution < 1.29 is 13.2 Å². The van der Waals surface area contributed by atoms with E-state index in [2.05, 4.69) is 15.0 Å². The van der Waals surface area contributed by atoms with Crippen molar-refractivity contribution >= 4 is 21.6 Å². The molecule has 3 rings (SSSR count). The zero-order valence-corrected chi connectivity index (χ0v) is 17.3. The third-order valence-corrected chi connectivity index (χ3v) is 5.06. The highest BCUT2D eigenvalue weighted by molar-refractivity contribution is 7.92. The summed E-state index contributed by atoms with van der Waals surface area (Å²) < 4.78 is 25.8. The van der Waals surface area contributed by atoms with E-state index < -0.39 is 15.6 Å². The van der Waals surface area contributed by atoms with Crippen LogP contribution in [-0.4, -0.2) is 25.6 Å². The van der Waals surface area contributed by atoms with Crippen LogP contribution in [0.15, 0.2) is 73.1 Å². The number of benzene rings is 2. The average molecular weight is 410 g/mol. The van der Waals surface area contributed by atoms with Gasteiger partial charge in [-0.15, -0.1) is 0 Å². The van der Waals surface area contributed by atoms with Crippen molar-refractivity contribution in [1.82, 2.24) is 10.3 Å². The Balaban J connectivity index is 1.90. The van der Waals surface area contributed by atoms with E-state index in [0.29, 0.717) is 22.4 Å². The van der Waals surface area contributed by atoms with Gasteiger partial charge in [0.05, 0.1) is 23.7 Å². The lowest BCUT2D eigenvalue weighted by Gasteiger charge is -2.27. The molecule has 0 atom stereocenters. The first-order valence-corrected chi connectivity index (χ1v) is 11.0. The van der Waals surface area contributed by atoms with Gasteiger partial charge in [0, 0.05) is 17.3 Å². The lowest BCUT2D eigenvalue weighted by Crippen LogP contribution is -2.40. The lowest BCUT2D eigenvalue weighted by atomic mass is 9.93. The topological polar surface area (TPSA) is 88.2 Å². The van der Waals surface area contributed by atoms with Gasteiger partial charge in [-0.3, -0.25) is 14.5 Å². The Bertz CT molecular complexity index is 1130. The summed E-state index contributed by atoms with van der Waals surface area (Å²) in [5.41, 5.74) is 2.64. The van der Waals surface area contributed by atoms with Crippen molar-refractivity contribution in [1.29, 1.82) is 0 Å². The highest BCUT2D eigenvalue weighted by Crippen LogP contribution is 2.28. The molecule has 0 aliphatic heterocycles. The predicted octanol–water partition coefficient (Wildman–Crippen LogP) is 3.79. The number of aromatic nitrogens is 1. The third-order valence-electron chi connectivity index (χ3n) is 4.47. The molecule has 0 saturated carbocycles. The fourth-order valence-corrected chi connectivity index (χ4v) is 3.60. The summed E-state index contributed by atoms with van der Waals surface area (Å²) in [5, 5.41) is 3.06. The fraction of sp³-hybridized carbons (Fsp3) is 0.182. The minimum absolute atomic E-state index is 0.215. The molecule has 6 nitrogen and oxygen atoms in total. The van der Waals surface area contributed by atoms with Gasteiger partial charge in [0.1, 0.15) is 0 Å². The number of nitrogens with zero attached hydrogens (tertiary/aromatic N) is 1. The number of hydrogen-bond acceptors (Lipinski definition) is 4. The van der Waals surface area contributed by atoms with Crippen molar-refractivity contribution in [3.8, 4) is 11.1 Å². The van der Waals surface area contributed by atoms with E-state index in [4.69, 9.17) is 0 Å². The quantitative estimate of drug-likeness (QED) is 0.648. The second kappa shape index (κ2) is 8.05. The minimum Gasteiger partial charge on any atom is -0.343 e. The molecule has 2 aromatic carbocycles. The van der Waals surface area contributed by atoms with Crippen LogP contribution < -0.4 is 10.0 Å². The summed E-state index contributed by atoms with van der Waals surface area (Å²) in [7, 11) is -3.46. The molecule has 1 amide bonds. The number of hydrogen-bond donors (Lipinski definition) is 2. The van der Waals surface area contributed by atoms with Crippen LogP contribution >= 0.6 is 0 Å². The van der Waals surface area contributed by atoms with Crippen LogP contribution in [0.4, 0.5) is 5.69 Å². The van der Waals surface area contributed by atoms with E-state index in [1.54, 1.807) is 30.5 Å². The fourth-order valence-electron chi connectivity index (χ4n) is 3.04. The van der Waals surface area contributed by atoms with Crippen LogP contribution in [0.25, 0.3) is 11.1 Å². The van der Waals surface area contributed by atoms with Crippen LogP contribution in [0.5, 0.6) is 0 Å². The third kappa shape index (κ3) is 5.20. The SMILES string of the molecule is CC(C)(NC(=O)c1cccc(-c2ccncc2NS(C)(=O)=O)c1)c1ccccc1. The molecule has 29 heavy (non-hydrogen) atoms. The molecule has 3 aromatic rings. The molecule has 0 aliphatic rings. The van der Waals surface area contributed by atoms with Crippen molar-refractivity contribution in [3.63, 3.8) is 0 Å². The molecule has 1 aromatic heterocycles. The molecule has 150 valence electrons.